The molecule has 1 aromatic heterocycles. The molecule has 0 spiro atoms. The number of hydrogen-bond acceptors (Lipinski definition) is 8. The van der Waals surface area contributed by atoms with E-state index in [1.807, 2.05) is 0 Å². The van der Waals surface area contributed by atoms with Crippen molar-refractivity contribution in [3.63, 3.8) is 0 Å². The van der Waals surface area contributed by atoms with Crippen molar-refractivity contribution < 1.29 is 14.3 Å². The number of primary amides is 1. The maximum Gasteiger partial charge on any atom is 0.248 e. The van der Waals surface area contributed by atoms with Crippen molar-refractivity contribution in [2.45, 2.75) is 0 Å². The van der Waals surface area contributed by atoms with Gasteiger partial charge >= 0.3 is 0 Å². The van der Waals surface area contributed by atoms with Gasteiger partial charge in [-0.05, 0) is 6.07 Å². The summed E-state index contributed by atoms with van der Waals surface area (Å²) in [6.45, 7) is 0.237. The van der Waals surface area contributed by atoms with Gasteiger partial charge in [-0.1, -0.05) is 35.3 Å². The second-order valence-electron chi connectivity index (χ2n) is 6.14. The largest absolute Gasteiger partial charge is 0.382 e. The van der Waals surface area contributed by atoms with Gasteiger partial charge in [-0.3, -0.25) is 9.59 Å². The van der Waals surface area contributed by atoms with Gasteiger partial charge in [0.2, 0.25) is 17.8 Å². The van der Waals surface area contributed by atoms with E-state index < -0.39 is 5.91 Å². The Labute approximate surface area is 177 Å². The Balaban J connectivity index is 1.98. The highest BCUT2D eigenvalue weighted by Gasteiger charge is 2.16. The van der Waals surface area contributed by atoms with Crippen molar-refractivity contribution in [1.82, 2.24) is 20.1 Å². The standard InChI is InChI=1S/C17H21Cl2N7O3/c1-25(13(28)9-29-8-12(20)27)6-7-26(2)17-22-16(21)15(23-24-17)10-4-3-5-11(18)14(10)19/h3-5H,6-9H2,1-2H3,(H2,20,27)(H2,21,22,24). The molecule has 156 valence electrons. The Kier molecular flexibility index (Phi) is 7.94. The van der Waals surface area contributed by atoms with E-state index in [0.717, 1.165) is 0 Å². The number of hydrogen-bond donors (Lipinski definition) is 2. The van der Waals surface area contributed by atoms with Crippen molar-refractivity contribution in [3.05, 3.63) is 28.2 Å². The van der Waals surface area contributed by atoms with Crippen molar-refractivity contribution in [2.24, 2.45) is 5.73 Å². The Morgan fingerprint density at radius 2 is 1.86 bits per heavy atom. The number of likely N-dealkylation sites (N-methyl/N-ethyl adjacent to an activating group) is 2. The molecule has 0 radical (unpaired) electrons. The van der Waals surface area contributed by atoms with Crippen LogP contribution < -0.4 is 16.4 Å². The summed E-state index contributed by atoms with van der Waals surface area (Å²) >= 11 is 12.2. The molecule has 4 N–H and O–H groups in total. The number of carbonyl (C=O) groups excluding carboxylic acids is 2. The van der Waals surface area contributed by atoms with Gasteiger partial charge in [-0.2, -0.15) is 4.98 Å². The highest BCUT2D eigenvalue weighted by Crippen LogP contribution is 2.34. The average Bonchev–Trinajstić information content (AvgIpc) is 2.67. The fourth-order valence-corrected chi connectivity index (χ4v) is 2.63. The van der Waals surface area contributed by atoms with Gasteiger partial charge < -0.3 is 26.0 Å². The summed E-state index contributed by atoms with van der Waals surface area (Å²) < 4.78 is 4.91. The molecule has 10 nitrogen and oxygen atoms in total. The minimum atomic E-state index is -0.634. The molecule has 0 aliphatic rings. The zero-order chi connectivity index (χ0) is 21.6. The number of benzene rings is 1. The third kappa shape index (κ3) is 6.14. The van der Waals surface area contributed by atoms with E-state index in [2.05, 4.69) is 15.2 Å². The quantitative estimate of drug-likeness (QED) is 0.582. The van der Waals surface area contributed by atoms with E-state index in [1.54, 1.807) is 37.2 Å². The lowest BCUT2D eigenvalue weighted by Crippen LogP contribution is -2.37. The Hall–Kier alpha value is -2.69. The molecular weight excluding hydrogens is 421 g/mol. The van der Waals surface area contributed by atoms with Gasteiger partial charge in [0.1, 0.15) is 18.9 Å². The van der Waals surface area contributed by atoms with Crippen LogP contribution in [0.5, 0.6) is 0 Å². The minimum Gasteiger partial charge on any atom is -0.382 e. The smallest absolute Gasteiger partial charge is 0.248 e. The number of rotatable bonds is 9. The molecule has 29 heavy (non-hydrogen) atoms. The summed E-state index contributed by atoms with van der Waals surface area (Å²) in [4.78, 5) is 30.0. The van der Waals surface area contributed by atoms with E-state index in [1.165, 1.54) is 4.90 Å². The van der Waals surface area contributed by atoms with Gasteiger partial charge in [0.15, 0.2) is 5.82 Å². The highest BCUT2D eigenvalue weighted by molar-refractivity contribution is 6.43. The Bertz CT molecular complexity index is 897. The van der Waals surface area contributed by atoms with Crippen LogP contribution in [0.2, 0.25) is 10.0 Å². The van der Waals surface area contributed by atoms with Crippen LogP contribution in [0.1, 0.15) is 0 Å². The normalized spacial score (nSPS) is 10.6. The fourth-order valence-electron chi connectivity index (χ4n) is 2.24. The molecule has 0 aliphatic heterocycles. The van der Waals surface area contributed by atoms with Crippen molar-refractivity contribution >= 4 is 46.8 Å². The predicted octanol–water partition coefficient (Wildman–Crippen LogP) is 0.824. The summed E-state index contributed by atoms with van der Waals surface area (Å²) in [5, 5.41) is 8.90. The van der Waals surface area contributed by atoms with Crippen LogP contribution in [0.4, 0.5) is 11.8 Å². The van der Waals surface area contributed by atoms with Crippen LogP contribution >= 0.6 is 23.2 Å². The molecule has 0 saturated carbocycles. The first-order valence-electron chi connectivity index (χ1n) is 8.46. The summed E-state index contributed by atoms with van der Waals surface area (Å²) in [5.41, 5.74) is 11.8. The predicted molar refractivity (Wildman–Crippen MR) is 111 cm³/mol. The number of amides is 2. The SMILES string of the molecule is CN(CCN(C)c1nnc(-c2cccc(Cl)c2Cl)c(N)n1)C(=O)COCC(N)=O. The van der Waals surface area contributed by atoms with Crippen LogP contribution in [0.25, 0.3) is 11.3 Å². The van der Waals surface area contributed by atoms with Crippen molar-refractivity contribution in [2.75, 3.05) is 51.0 Å². The monoisotopic (exact) mass is 441 g/mol. The summed E-state index contributed by atoms with van der Waals surface area (Å²) in [6.07, 6.45) is 0. The molecular formula is C17H21Cl2N7O3. The number of carbonyl (C=O) groups is 2. The third-order valence-electron chi connectivity index (χ3n) is 3.92. The van der Waals surface area contributed by atoms with Crippen LogP contribution in [-0.4, -0.2) is 72.3 Å². The molecule has 0 fully saturated rings. The third-order valence-corrected chi connectivity index (χ3v) is 4.74. The average molecular weight is 442 g/mol. The fraction of sp³-hybridized carbons (Fsp3) is 0.353. The van der Waals surface area contributed by atoms with Crippen LogP contribution in [0, 0.1) is 0 Å². The highest BCUT2D eigenvalue weighted by atomic mass is 35.5. The van der Waals surface area contributed by atoms with Crippen LogP contribution in [-0.2, 0) is 14.3 Å². The van der Waals surface area contributed by atoms with Crippen molar-refractivity contribution in [3.8, 4) is 11.3 Å². The number of ether oxygens (including phenoxy) is 1. The zero-order valence-corrected chi connectivity index (χ0v) is 17.4. The molecule has 1 aromatic carbocycles. The zero-order valence-electron chi connectivity index (χ0n) is 15.9. The molecule has 2 aromatic rings. The number of halogens is 2. The minimum absolute atomic E-state index is 0.148. The van der Waals surface area contributed by atoms with Crippen LogP contribution in [0.15, 0.2) is 18.2 Å². The molecule has 1 heterocycles. The number of nitrogens with two attached hydrogens (primary N) is 2. The lowest BCUT2D eigenvalue weighted by molar-refractivity contribution is -0.136. The maximum atomic E-state index is 11.9. The first-order chi connectivity index (χ1) is 13.7. The lowest BCUT2D eigenvalue weighted by Gasteiger charge is -2.22. The van der Waals surface area contributed by atoms with Crippen molar-refractivity contribution in [1.29, 1.82) is 0 Å². The second-order valence-corrected chi connectivity index (χ2v) is 6.93. The molecule has 0 saturated heterocycles. The van der Waals surface area contributed by atoms with E-state index in [9.17, 15) is 9.59 Å². The first-order valence-corrected chi connectivity index (χ1v) is 9.22. The summed E-state index contributed by atoms with van der Waals surface area (Å²) in [5.74, 6) is -0.486. The topological polar surface area (TPSA) is 141 Å². The molecule has 0 bridgehead atoms. The maximum absolute atomic E-state index is 11.9. The molecule has 0 unspecified atom stereocenters. The van der Waals surface area contributed by atoms with Gasteiger partial charge in [-0.25, -0.2) is 0 Å². The van der Waals surface area contributed by atoms with E-state index in [0.29, 0.717) is 34.4 Å². The number of nitrogen functional groups attached to an aromatic ring is 1. The molecule has 12 heteroatoms. The lowest BCUT2D eigenvalue weighted by atomic mass is 10.1. The Morgan fingerprint density at radius 3 is 2.52 bits per heavy atom. The molecule has 2 rings (SSSR count). The van der Waals surface area contributed by atoms with Gasteiger partial charge in [0.05, 0.1) is 10.0 Å². The Morgan fingerprint density at radius 1 is 1.14 bits per heavy atom. The molecule has 2 amide bonds. The summed E-state index contributed by atoms with van der Waals surface area (Å²) in [7, 11) is 3.35. The first kappa shape index (κ1) is 22.6. The van der Waals surface area contributed by atoms with E-state index >= 15 is 0 Å². The van der Waals surface area contributed by atoms with E-state index in [-0.39, 0.29) is 30.9 Å². The molecule has 0 aliphatic carbocycles. The van der Waals surface area contributed by atoms with E-state index in [4.69, 9.17) is 39.4 Å². The van der Waals surface area contributed by atoms with Gasteiger partial charge in [0, 0.05) is 32.7 Å². The van der Waals surface area contributed by atoms with Gasteiger partial charge in [0.25, 0.3) is 0 Å². The molecule has 0 atom stereocenters. The van der Waals surface area contributed by atoms with Gasteiger partial charge in [-0.15, -0.1) is 10.2 Å². The number of anilines is 2. The number of nitrogens with zero attached hydrogens (tertiary/aromatic N) is 5. The summed E-state index contributed by atoms with van der Waals surface area (Å²) in [6, 6.07) is 5.11. The second kappa shape index (κ2) is 10.2. The van der Waals surface area contributed by atoms with Crippen LogP contribution in [0.3, 0.4) is 0 Å². The number of aromatic nitrogens is 3.